The van der Waals surface area contributed by atoms with Crippen LogP contribution in [0.25, 0.3) is 11.1 Å². The number of aryl methyl sites for hydroxylation is 1. The lowest BCUT2D eigenvalue weighted by Gasteiger charge is -2.12. The predicted molar refractivity (Wildman–Crippen MR) is 102 cm³/mol. The first-order valence-corrected chi connectivity index (χ1v) is 8.40. The number of H-pyrrole nitrogens is 1. The Kier molecular flexibility index (Phi) is 5.49. The summed E-state index contributed by atoms with van der Waals surface area (Å²) >= 11 is 0. The number of hydrogen-bond donors (Lipinski definition) is 2. The second-order valence-electron chi connectivity index (χ2n) is 5.85. The second-order valence-corrected chi connectivity index (χ2v) is 5.85. The maximum absolute atomic E-state index is 12.1. The molecule has 0 atom stereocenters. The molecule has 26 heavy (non-hydrogen) atoms. The van der Waals surface area contributed by atoms with E-state index in [9.17, 15) is 9.59 Å². The van der Waals surface area contributed by atoms with Gasteiger partial charge in [-0.05, 0) is 30.7 Å². The van der Waals surface area contributed by atoms with Crippen LogP contribution in [0.2, 0.25) is 0 Å². The van der Waals surface area contributed by atoms with Crippen molar-refractivity contribution >= 4 is 5.91 Å². The van der Waals surface area contributed by atoms with Crippen LogP contribution in [0, 0.1) is 6.92 Å². The molecule has 5 nitrogen and oxygen atoms in total. The van der Waals surface area contributed by atoms with E-state index in [0.717, 1.165) is 16.9 Å². The van der Waals surface area contributed by atoms with Crippen molar-refractivity contribution in [2.45, 2.75) is 6.92 Å². The van der Waals surface area contributed by atoms with Crippen LogP contribution in [0.5, 0.6) is 5.75 Å². The van der Waals surface area contributed by atoms with Crippen molar-refractivity contribution in [2.75, 3.05) is 13.2 Å². The van der Waals surface area contributed by atoms with Crippen LogP contribution in [0.3, 0.4) is 0 Å². The Labute approximate surface area is 151 Å². The summed E-state index contributed by atoms with van der Waals surface area (Å²) in [5, 5.41) is 2.70. The van der Waals surface area contributed by atoms with Gasteiger partial charge in [-0.25, -0.2) is 0 Å². The van der Waals surface area contributed by atoms with E-state index in [4.69, 9.17) is 4.74 Å². The van der Waals surface area contributed by atoms with Gasteiger partial charge < -0.3 is 15.0 Å². The lowest BCUT2D eigenvalue weighted by molar-refractivity contribution is 0.0945. The summed E-state index contributed by atoms with van der Waals surface area (Å²) < 4.78 is 5.83. The quantitative estimate of drug-likeness (QED) is 0.672. The minimum Gasteiger partial charge on any atom is -0.491 e. The third-order valence-corrected chi connectivity index (χ3v) is 3.92. The molecule has 132 valence electrons. The zero-order valence-corrected chi connectivity index (χ0v) is 14.5. The highest BCUT2D eigenvalue weighted by atomic mass is 16.5. The molecule has 5 heteroatoms. The topological polar surface area (TPSA) is 71.2 Å². The number of rotatable bonds is 6. The Morgan fingerprint density at radius 3 is 2.50 bits per heavy atom. The van der Waals surface area contributed by atoms with Gasteiger partial charge in [0.05, 0.1) is 6.54 Å². The molecule has 0 aliphatic carbocycles. The highest BCUT2D eigenvalue weighted by Crippen LogP contribution is 2.29. The average Bonchev–Trinajstić information content (AvgIpc) is 2.66. The van der Waals surface area contributed by atoms with Crippen molar-refractivity contribution in [2.24, 2.45) is 0 Å². The normalized spacial score (nSPS) is 10.3. The summed E-state index contributed by atoms with van der Waals surface area (Å²) in [7, 11) is 0. The SMILES string of the molecule is Cc1ccc(C(=O)NCCOc2ccccc2-c2ccccc2)c(=O)[nH]1. The molecule has 3 aromatic rings. The van der Waals surface area contributed by atoms with Crippen molar-refractivity contribution in [3.63, 3.8) is 0 Å². The van der Waals surface area contributed by atoms with Crippen molar-refractivity contribution in [3.05, 3.63) is 88.3 Å². The predicted octanol–water partition coefficient (Wildman–Crippen LogP) is 3.16. The van der Waals surface area contributed by atoms with E-state index in [1.807, 2.05) is 54.6 Å². The van der Waals surface area contributed by atoms with E-state index in [1.54, 1.807) is 13.0 Å². The Morgan fingerprint density at radius 2 is 1.73 bits per heavy atom. The van der Waals surface area contributed by atoms with E-state index in [-0.39, 0.29) is 5.56 Å². The van der Waals surface area contributed by atoms with E-state index in [2.05, 4.69) is 10.3 Å². The summed E-state index contributed by atoms with van der Waals surface area (Å²) in [5.74, 6) is 0.340. The zero-order chi connectivity index (χ0) is 18.4. The molecule has 0 saturated carbocycles. The summed E-state index contributed by atoms with van der Waals surface area (Å²) in [6.45, 7) is 2.37. The number of para-hydroxylation sites is 1. The molecule has 0 radical (unpaired) electrons. The molecule has 0 spiro atoms. The van der Waals surface area contributed by atoms with Crippen molar-refractivity contribution in [1.29, 1.82) is 0 Å². The van der Waals surface area contributed by atoms with E-state index in [1.165, 1.54) is 6.07 Å². The molecular weight excluding hydrogens is 328 g/mol. The van der Waals surface area contributed by atoms with Gasteiger partial charge in [0.25, 0.3) is 11.5 Å². The molecule has 0 saturated heterocycles. The molecule has 0 aliphatic rings. The number of aromatic nitrogens is 1. The summed E-state index contributed by atoms with van der Waals surface area (Å²) in [6, 6.07) is 20.9. The molecule has 1 aromatic heterocycles. The highest BCUT2D eigenvalue weighted by Gasteiger charge is 2.10. The third-order valence-electron chi connectivity index (χ3n) is 3.92. The number of amides is 1. The van der Waals surface area contributed by atoms with Gasteiger partial charge in [0.2, 0.25) is 0 Å². The largest absolute Gasteiger partial charge is 0.491 e. The van der Waals surface area contributed by atoms with Crippen molar-refractivity contribution in [1.82, 2.24) is 10.3 Å². The number of pyridine rings is 1. The lowest BCUT2D eigenvalue weighted by Crippen LogP contribution is -2.32. The van der Waals surface area contributed by atoms with Crippen LogP contribution >= 0.6 is 0 Å². The summed E-state index contributed by atoms with van der Waals surface area (Å²) in [4.78, 5) is 26.5. The van der Waals surface area contributed by atoms with E-state index >= 15 is 0 Å². The van der Waals surface area contributed by atoms with Gasteiger partial charge in [-0.1, -0.05) is 48.5 Å². The fourth-order valence-electron chi connectivity index (χ4n) is 2.62. The smallest absolute Gasteiger partial charge is 0.260 e. The first-order valence-electron chi connectivity index (χ1n) is 8.40. The van der Waals surface area contributed by atoms with Gasteiger partial charge in [-0.15, -0.1) is 0 Å². The van der Waals surface area contributed by atoms with Crippen LogP contribution in [0.1, 0.15) is 16.1 Å². The van der Waals surface area contributed by atoms with Crippen LogP contribution in [0.15, 0.2) is 71.5 Å². The highest BCUT2D eigenvalue weighted by molar-refractivity contribution is 5.93. The number of hydrogen-bond acceptors (Lipinski definition) is 3. The molecule has 2 N–H and O–H groups in total. The molecule has 2 aromatic carbocycles. The standard InChI is InChI=1S/C21H20N2O3/c1-15-11-12-18(21(25)23-15)20(24)22-13-14-26-19-10-6-5-9-17(19)16-7-3-2-4-8-16/h2-12H,13-14H2,1H3,(H,22,24)(H,23,25). The molecule has 1 heterocycles. The maximum atomic E-state index is 12.1. The Morgan fingerprint density at radius 1 is 1.00 bits per heavy atom. The van der Waals surface area contributed by atoms with E-state index in [0.29, 0.717) is 18.8 Å². The summed E-state index contributed by atoms with van der Waals surface area (Å²) in [6.07, 6.45) is 0. The molecule has 1 amide bonds. The van der Waals surface area contributed by atoms with Crippen molar-refractivity contribution < 1.29 is 9.53 Å². The Bertz CT molecular complexity index is 949. The van der Waals surface area contributed by atoms with Gasteiger partial charge in [0.15, 0.2) is 0 Å². The lowest BCUT2D eigenvalue weighted by atomic mass is 10.1. The fraction of sp³-hybridized carbons (Fsp3) is 0.143. The molecule has 0 bridgehead atoms. The Balaban J connectivity index is 1.59. The number of ether oxygens (including phenoxy) is 1. The maximum Gasteiger partial charge on any atom is 0.260 e. The van der Waals surface area contributed by atoms with Gasteiger partial charge in [-0.3, -0.25) is 9.59 Å². The number of benzene rings is 2. The molecular formula is C21H20N2O3. The first kappa shape index (κ1) is 17.5. The van der Waals surface area contributed by atoms with Gasteiger partial charge in [0, 0.05) is 11.3 Å². The Hall–Kier alpha value is -3.34. The monoisotopic (exact) mass is 348 g/mol. The number of aromatic amines is 1. The number of carbonyl (C=O) groups excluding carboxylic acids is 1. The first-order chi connectivity index (χ1) is 12.6. The van der Waals surface area contributed by atoms with Crippen LogP contribution in [-0.4, -0.2) is 24.0 Å². The van der Waals surface area contributed by atoms with Crippen LogP contribution < -0.4 is 15.6 Å². The molecule has 3 rings (SSSR count). The van der Waals surface area contributed by atoms with Crippen LogP contribution in [0.4, 0.5) is 0 Å². The number of nitrogens with one attached hydrogen (secondary N) is 2. The van der Waals surface area contributed by atoms with E-state index < -0.39 is 11.5 Å². The fourth-order valence-corrected chi connectivity index (χ4v) is 2.62. The summed E-state index contributed by atoms with van der Waals surface area (Å²) in [5.41, 5.74) is 2.48. The van der Waals surface area contributed by atoms with Gasteiger partial charge in [-0.2, -0.15) is 0 Å². The van der Waals surface area contributed by atoms with Crippen molar-refractivity contribution in [3.8, 4) is 16.9 Å². The zero-order valence-electron chi connectivity index (χ0n) is 14.5. The minimum absolute atomic E-state index is 0.0975. The molecule has 0 aliphatic heterocycles. The molecule has 0 fully saturated rings. The molecule has 0 unspecified atom stereocenters. The van der Waals surface area contributed by atoms with Crippen LogP contribution in [-0.2, 0) is 0 Å². The third kappa shape index (κ3) is 4.19. The second kappa shape index (κ2) is 8.16. The minimum atomic E-state index is -0.411. The average molecular weight is 348 g/mol. The van der Waals surface area contributed by atoms with Gasteiger partial charge >= 0.3 is 0 Å². The number of carbonyl (C=O) groups is 1. The van der Waals surface area contributed by atoms with Gasteiger partial charge in [0.1, 0.15) is 17.9 Å².